The van der Waals surface area contributed by atoms with Gasteiger partial charge in [-0.1, -0.05) is 6.07 Å². The number of aromatic hydroxyl groups is 1. The molecule has 0 aliphatic carbocycles. The fraction of sp³-hybridized carbons (Fsp3) is 0.435. The quantitative estimate of drug-likeness (QED) is 0.688. The van der Waals surface area contributed by atoms with Gasteiger partial charge < -0.3 is 33.7 Å². The van der Waals surface area contributed by atoms with Crippen molar-refractivity contribution >= 4 is 5.91 Å². The molecule has 0 aromatic heterocycles. The van der Waals surface area contributed by atoms with Gasteiger partial charge in [0.05, 0.1) is 41.7 Å². The van der Waals surface area contributed by atoms with Crippen molar-refractivity contribution in [2.45, 2.75) is 12.3 Å². The van der Waals surface area contributed by atoms with E-state index < -0.39 is 5.92 Å². The van der Waals surface area contributed by atoms with Crippen LogP contribution in [0.15, 0.2) is 30.3 Å². The molecule has 8 nitrogen and oxygen atoms in total. The third-order valence-electron chi connectivity index (χ3n) is 5.45. The van der Waals surface area contributed by atoms with E-state index in [2.05, 4.69) is 0 Å². The molecule has 8 heteroatoms. The molecule has 1 aliphatic rings. The first-order valence-corrected chi connectivity index (χ1v) is 10.0. The lowest BCUT2D eigenvalue weighted by atomic mass is 9.86. The molecule has 0 radical (unpaired) electrons. The van der Waals surface area contributed by atoms with Gasteiger partial charge in [-0.05, 0) is 17.7 Å². The van der Waals surface area contributed by atoms with E-state index in [0.29, 0.717) is 54.9 Å². The summed E-state index contributed by atoms with van der Waals surface area (Å²) in [6.45, 7) is 2.13. The third-order valence-corrected chi connectivity index (χ3v) is 5.45. The third kappa shape index (κ3) is 4.96. The van der Waals surface area contributed by atoms with E-state index in [-0.39, 0.29) is 18.1 Å². The summed E-state index contributed by atoms with van der Waals surface area (Å²) in [6.07, 6.45) is 0.145. The maximum Gasteiger partial charge on any atom is 0.223 e. The Hall–Kier alpha value is -3.13. The van der Waals surface area contributed by atoms with E-state index in [0.717, 1.165) is 5.56 Å². The Morgan fingerprint density at radius 1 is 0.968 bits per heavy atom. The number of rotatable bonds is 8. The second-order valence-corrected chi connectivity index (χ2v) is 7.13. The van der Waals surface area contributed by atoms with Crippen LogP contribution in [0, 0.1) is 0 Å². The second-order valence-electron chi connectivity index (χ2n) is 7.13. The summed E-state index contributed by atoms with van der Waals surface area (Å²) in [5.74, 6) is 1.50. The van der Waals surface area contributed by atoms with Gasteiger partial charge in [0.2, 0.25) is 5.91 Å². The van der Waals surface area contributed by atoms with E-state index in [1.807, 2.05) is 12.1 Å². The van der Waals surface area contributed by atoms with Gasteiger partial charge in [0.15, 0.2) is 11.5 Å². The Bertz CT molecular complexity index is 909. The SMILES string of the molecule is COc1cc(O)c(C(CC(=O)N2CCOCC2)c2ccc(OC)c(OC)c2)c(OC)c1. The summed E-state index contributed by atoms with van der Waals surface area (Å²) < 4.78 is 27.0. The molecule has 168 valence electrons. The number of morpholine rings is 1. The minimum Gasteiger partial charge on any atom is -0.507 e. The zero-order valence-corrected chi connectivity index (χ0v) is 18.3. The highest BCUT2D eigenvalue weighted by Crippen LogP contribution is 2.44. The molecular formula is C23H29NO7. The minimum atomic E-state index is -0.476. The van der Waals surface area contributed by atoms with Crippen LogP contribution < -0.4 is 18.9 Å². The van der Waals surface area contributed by atoms with Crippen LogP contribution in [0.3, 0.4) is 0 Å². The molecule has 0 saturated carbocycles. The zero-order chi connectivity index (χ0) is 22.4. The Morgan fingerprint density at radius 2 is 1.65 bits per heavy atom. The minimum absolute atomic E-state index is 0.00855. The molecule has 31 heavy (non-hydrogen) atoms. The lowest BCUT2D eigenvalue weighted by Crippen LogP contribution is -2.41. The number of methoxy groups -OCH3 is 4. The zero-order valence-electron chi connectivity index (χ0n) is 18.3. The van der Waals surface area contributed by atoms with Crippen LogP contribution >= 0.6 is 0 Å². The average Bonchev–Trinajstić information content (AvgIpc) is 2.82. The van der Waals surface area contributed by atoms with Crippen LogP contribution in [0.5, 0.6) is 28.7 Å². The molecule has 1 fully saturated rings. The van der Waals surface area contributed by atoms with Gasteiger partial charge in [-0.2, -0.15) is 0 Å². The lowest BCUT2D eigenvalue weighted by molar-refractivity contribution is -0.135. The average molecular weight is 431 g/mol. The first-order chi connectivity index (χ1) is 15.0. The molecular weight excluding hydrogens is 402 g/mol. The van der Waals surface area contributed by atoms with Gasteiger partial charge in [-0.25, -0.2) is 0 Å². The van der Waals surface area contributed by atoms with Gasteiger partial charge in [0.1, 0.15) is 17.2 Å². The van der Waals surface area contributed by atoms with E-state index in [1.165, 1.54) is 20.3 Å². The van der Waals surface area contributed by atoms with Crippen LogP contribution in [0.1, 0.15) is 23.5 Å². The van der Waals surface area contributed by atoms with Crippen molar-refractivity contribution in [3.8, 4) is 28.7 Å². The fourth-order valence-corrected chi connectivity index (χ4v) is 3.80. The molecule has 1 atom stereocenters. The number of nitrogens with zero attached hydrogens (tertiary/aromatic N) is 1. The predicted octanol–water partition coefficient (Wildman–Crippen LogP) is 2.81. The molecule has 2 aromatic rings. The molecule has 1 unspecified atom stereocenters. The Balaban J connectivity index is 2.08. The van der Waals surface area contributed by atoms with Gasteiger partial charge in [-0.15, -0.1) is 0 Å². The molecule has 3 rings (SSSR count). The monoisotopic (exact) mass is 431 g/mol. The Kier molecular flexibility index (Phi) is 7.46. The number of carbonyl (C=O) groups is 1. The number of phenols is 1. The molecule has 1 heterocycles. The summed E-state index contributed by atoms with van der Waals surface area (Å²) >= 11 is 0. The predicted molar refractivity (Wildman–Crippen MR) is 115 cm³/mol. The van der Waals surface area contributed by atoms with Crippen LogP contribution in [-0.4, -0.2) is 70.7 Å². The number of phenolic OH excluding ortho intramolecular Hbond substituents is 1. The largest absolute Gasteiger partial charge is 0.507 e. The van der Waals surface area contributed by atoms with Crippen molar-refractivity contribution in [2.24, 2.45) is 0 Å². The van der Waals surface area contributed by atoms with Crippen LogP contribution in [0.2, 0.25) is 0 Å². The maximum absolute atomic E-state index is 13.1. The van der Waals surface area contributed by atoms with Crippen molar-refractivity contribution in [1.82, 2.24) is 4.90 Å². The van der Waals surface area contributed by atoms with Crippen molar-refractivity contribution in [3.05, 3.63) is 41.5 Å². The number of carbonyl (C=O) groups excluding carboxylic acids is 1. The first-order valence-electron chi connectivity index (χ1n) is 10.0. The van der Waals surface area contributed by atoms with Crippen LogP contribution in [0.25, 0.3) is 0 Å². The molecule has 1 aliphatic heterocycles. The summed E-state index contributed by atoms with van der Waals surface area (Å²) in [5, 5.41) is 10.9. The highest BCUT2D eigenvalue weighted by Gasteiger charge is 2.29. The fourth-order valence-electron chi connectivity index (χ4n) is 3.80. The van der Waals surface area contributed by atoms with Gasteiger partial charge in [0.25, 0.3) is 0 Å². The van der Waals surface area contributed by atoms with Crippen molar-refractivity contribution < 1.29 is 33.6 Å². The van der Waals surface area contributed by atoms with Crippen LogP contribution in [-0.2, 0) is 9.53 Å². The summed E-state index contributed by atoms with van der Waals surface area (Å²) in [4.78, 5) is 14.9. The van der Waals surface area contributed by atoms with E-state index in [4.69, 9.17) is 23.7 Å². The standard InChI is InChI=1S/C23H29NO7/c1-27-16-12-18(25)23(21(13-16)30-4)17(14-22(26)24-7-9-31-10-8-24)15-5-6-19(28-2)20(11-15)29-3/h5-6,11-13,17,25H,7-10,14H2,1-4H3. The Morgan fingerprint density at radius 3 is 2.26 bits per heavy atom. The summed E-state index contributed by atoms with van der Waals surface area (Å²) in [5.41, 5.74) is 1.30. The smallest absolute Gasteiger partial charge is 0.223 e. The van der Waals surface area contributed by atoms with E-state index >= 15 is 0 Å². The molecule has 1 N–H and O–H groups in total. The number of benzene rings is 2. The Labute approximate surface area is 182 Å². The molecule has 1 saturated heterocycles. The molecule has 0 bridgehead atoms. The summed E-state index contributed by atoms with van der Waals surface area (Å²) in [6, 6.07) is 8.68. The van der Waals surface area contributed by atoms with E-state index in [9.17, 15) is 9.90 Å². The highest BCUT2D eigenvalue weighted by atomic mass is 16.5. The first kappa shape index (κ1) is 22.6. The van der Waals surface area contributed by atoms with Gasteiger partial charge >= 0.3 is 0 Å². The van der Waals surface area contributed by atoms with Crippen LogP contribution in [0.4, 0.5) is 0 Å². The van der Waals surface area contributed by atoms with Crippen molar-refractivity contribution in [3.63, 3.8) is 0 Å². The van der Waals surface area contributed by atoms with Crippen molar-refractivity contribution in [2.75, 3.05) is 54.7 Å². The van der Waals surface area contributed by atoms with Crippen molar-refractivity contribution in [1.29, 1.82) is 0 Å². The van der Waals surface area contributed by atoms with Gasteiger partial charge in [-0.3, -0.25) is 4.79 Å². The summed E-state index contributed by atoms with van der Waals surface area (Å²) in [7, 11) is 6.16. The number of hydrogen-bond donors (Lipinski definition) is 1. The topological polar surface area (TPSA) is 86.7 Å². The second kappa shape index (κ2) is 10.3. The maximum atomic E-state index is 13.1. The van der Waals surface area contributed by atoms with Gasteiger partial charge in [0, 0.05) is 43.1 Å². The number of amides is 1. The normalized spacial score (nSPS) is 14.6. The van der Waals surface area contributed by atoms with E-state index in [1.54, 1.807) is 31.3 Å². The molecule has 1 amide bonds. The number of hydrogen-bond acceptors (Lipinski definition) is 7. The molecule has 2 aromatic carbocycles. The lowest BCUT2D eigenvalue weighted by Gasteiger charge is -2.29. The highest BCUT2D eigenvalue weighted by molar-refractivity contribution is 5.78. The number of ether oxygens (including phenoxy) is 5. The molecule has 0 spiro atoms.